The summed E-state index contributed by atoms with van der Waals surface area (Å²) in [6, 6.07) is 9.57. The first-order valence-corrected chi connectivity index (χ1v) is 6.58. The summed E-state index contributed by atoms with van der Waals surface area (Å²) in [7, 11) is 1.54. The number of methoxy groups -OCH3 is 1. The Hall–Kier alpha value is -2.36. The standard InChI is InChI=1S/C17H17FO3/c1-11-4-5-14(18)8-13(11)10-21-17-9-15(20-3)6-7-16(17)12(2)19/h4-9H,10H2,1-3H3. The van der Waals surface area contributed by atoms with Crippen LogP contribution in [0.1, 0.15) is 28.4 Å². The lowest BCUT2D eigenvalue weighted by molar-refractivity contribution is 0.101. The van der Waals surface area contributed by atoms with Gasteiger partial charge in [0.2, 0.25) is 0 Å². The topological polar surface area (TPSA) is 35.5 Å². The molecule has 0 N–H and O–H groups in total. The number of halogens is 1. The molecule has 3 nitrogen and oxygen atoms in total. The Bertz CT molecular complexity index is 665. The molecule has 0 atom stereocenters. The fourth-order valence-corrected chi connectivity index (χ4v) is 1.99. The molecule has 4 heteroatoms. The molecule has 0 heterocycles. The summed E-state index contributed by atoms with van der Waals surface area (Å²) in [4.78, 5) is 11.6. The van der Waals surface area contributed by atoms with Crippen LogP contribution in [0.2, 0.25) is 0 Å². The number of benzene rings is 2. The Balaban J connectivity index is 2.26. The zero-order chi connectivity index (χ0) is 15.4. The van der Waals surface area contributed by atoms with E-state index in [1.165, 1.54) is 19.1 Å². The molecule has 2 aromatic rings. The van der Waals surface area contributed by atoms with Crippen molar-refractivity contribution in [1.29, 1.82) is 0 Å². The molecule has 0 unspecified atom stereocenters. The minimum atomic E-state index is -0.309. The highest BCUT2D eigenvalue weighted by atomic mass is 19.1. The van der Waals surface area contributed by atoms with Crippen LogP contribution in [0.25, 0.3) is 0 Å². The molecule has 0 spiro atoms. The van der Waals surface area contributed by atoms with Gasteiger partial charge in [-0.1, -0.05) is 6.07 Å². The van der Waals surface area contributed by atoms with Gasteiger partial charge in [-0.05, 0) is 49.2 Å². The predicted molar refractivity (Wildman–Crippen MR) is 78.5 cm³/mol. The van der Waals surface area contributed by atoms with E-state index in [1.54, 1.807) is 31.4 Å². The van der Waals surface area contributed by atoms with E-state index in [0.29, 0.717) is 17.1 Å². The minimum Gasteiger partial charge on any atom is -0.497 e. The van der Waals surface area contributed by atoms with E-state index in [-0.39, 0.29) is 18.2 Å². The van der Waals surface area contributed by atoms with E-state index in [1.807, 2.05) is 6.92 Å². The van der Waals surface area contributed by atoms with Crippen LogP contribution in [-0.4, -0.2) is 12.9 Å². The molecule has 0 aliphatic rings. The molecule has 0 saturated heterocycles. The first-order chi connectivity index (χ1) is 10.0. The molecular formula is C17H17FO3. The highest BCUT2D eigenvalue weighted by Crippen LogP contribution is 2.26. The van der Waals surface area contributed by atoms with Crippen molar-refractivity contribution in [3.63, 3.8) is 0 Å². The van der Waals surface area contributed by atoms with E-state index in [9.17, 15) is 9.18 Å². The molecule has 2 rings (SSSR count). The minimum absolute atomic E-state index is 0.0939. The fourth-order valence-electron chi connectivity index (χ4n) is 1.99. The molecule has 2 aromatic carbocycles. The third-order valence-electron chi connectivity index (χ3n) is 3.26. The molecular weight excluding hydrogens is 271 g/mol. The molecule has 0 aliphatic heterocycles. The molecule has 21 heavy (non-hydrogen) atoms. The van der Waals surface area contributed by atoms with Gasteiger partial charge >= 0.3 is 0 Å². The van der Waals surface area contributed by atoms with Gasteiger partial charge in [0.1, 0.15) is 23.9 Å². The second-order valence-electron chi connectivity index (χ2n) is 4.78. The smallest absolute Gasteiger partial charge is 0.163 e. The Labute approximate surface area is 123 Å². The summed E-state index contributed by atoms with van der Waals surface area (Å²) >= 11 is 0. The zero-order valence-electron chi connectivity index (χ0n) is 12.3. The Kier molecular flexibility index (Phi) is 4.58. The maximum Gasteiger partial charge on any atom is 0.163 e. The maximum absolute atomic E-state index is 13.3. The van der Waals surface area contributed by atoms with Crippen LogP contribution in [0.3, 0.4) is 0 Å². The van der Waals surface area contributed by atoms with Crippen molar-refractivity contribution in [3.8, 4) is 11.5 Å². The maximum atomic E-state index is 13.3. The van der Waals surface area contributed by atoms with Crippen LogP contribution in [0, 0.1) is 12.7 Å². The van der Waals surface area contributed by atoms with Gasteiger partial charge in [0.15, 0.2) is 5.78 Å². The third kappa shape index (κ3) is 3.60. The predicted octanol–water partition coefficient (Wildman–Crippen LogP) is 3.92. The normalized spacial score (nSPS) is 10.3. The van der Waals surface area contributed by atoms with Gasteiger partial charge in [-0.15, -0.1) is 0 Å². The number of hydrogen-bond donors (Lipinski definition) is 0. The Morgan fingerprint density at radius 1 is 1.19 bits per heavy atom. The number of rotatable bonds is 5. The number of hydrogen-bond acceptors (Lipinski definition) is 3. The molecule has 0 bridgehead atoms. The van der Waals surface area contributed by atoms with Crippen molar-refractivity contribution in [1.82, 2.24) is 0 Å². The first kappa shape index (κ1) is 15.0. The van der Waals surface area contributed by atoms with Crippen molar-refractivity contribution >= 4 is 5.78 Å². The van der Waals surface area contributed by atoms with Crippen LogP contribution in [0.15, 0.2) is 36.4 Å². The number of Topliss-reactive ketones (excluding diaryl/α,β-unsaturated/α-hetero) is 1. The Morgan fingerprint density at radius 3 is 2.62 bits per heavy atom. The summed E-state index contributed by atoms with van der Waals surface area (Å²) in [5.41, 5.74) is 2.15. The molecule has 110 valence electrons. The summed E-state index contributed by atoms with van der Waals surface area (Å²) in [5, 5.41) is 0. The quantitative estimate of drug-likeness (QED) is 0.782. The summed E-state index contributed by atoms with van der Waals surface area (Å²) < 4.78 is 24.1. The van der Waals surface area contributed by atoms with Gasteiger partial charge < -0.3 is 9.47 Å². The molecule has 0 aromatic heterocycles. The lowest BCUT2D eigenvalue weighted by Crippen LogP contribution is -2.03. The van der Waals surface area contributed by atoms with Gasteiger partial charge in [-0.2, -0.15) is 0 Å². The van der Waals surface area contributed by atoms with E-state index < -0.39 is 0 Å². The van der Waals surface area contributed by atoms with Gasteiger partial charge in [0.05, 0.1) is 12.7 Å². The average Bonchev–Trinajstić information content (AvgIpc) is 2.47. The summed E-state index contributed by atoms with van der Waals surface area (Å²) in [6.07, 6.45) is 0. The second kappa shape index (κ2) is 6.39. The van der Waals surface area contributed by atoms with Gasteiger partial charge in [0, 0.05) is 6.07 Å². The van der Waals surface area contributed by atoms with Crippen molar-refractivity contribution in [2.24, 2.45) is 0 Å². The Morgan fingerprint density at radius 2 is 1.95 bits per heavy atom. The number of ketones is 1. The lowest BCUT2D eigenvalue weighted by Gasteiger charge is -2.13. The lowest BCUT2D eigenvalue weighted by atomic mass is 10.1. The highest BCUT2D eigenvalue weighted by Gasteiger charge is 2.11. The average molecular weight is 288 g/mol. The van der Waals surface area contributed by atoms with Gasteiger partial charge in [0.25, 0.3) is 0 Å². The zero-order valence-corrected chi connectivity index (χ0v) is 12.3. The number of carbonyl (C=O) groups excluding carboxylic acids is 1. The third-order valence-corrected chi connectivity index (χ3v) is 3.26. The van der Waals surface area contributed by atoms with Crippen molar-refractivity contribution in [3.05, 3.63) is 58.9 Å². The van der Waals surface area contributed by atoms with Crippen LogP contribution >= 0.6 is 0 Å². The van der Waals surface area contributed by atoms with E-state index in [4.69, 9.17) is 9.47 Å². The van der Waals surface area contributed by atoms with Crippen molar-refractivity contribution < 1.29 is 18.7 Å². The molecule has 0 fully saturated rings. The van der Waals surface area contributed by atoms with E-state index in [2.05, 4.69) is 0 Å². The van der Waals surface area contributed by atoms with Gasteiger partial charge in [-0.3, -0.25) is 4.79 Å². The molecule has 0 aliphatic carbocycles. The largest absolute Gasteiger partial charge is 0.497 e. The number of ether oxygens (including phenoxy) is 2. The van der Waals surface area contributed by atoms with Gasteiger partial charge in [-0.25, -0.2) is 4.39 Å². The summed E-state index contributed by atoms with van der Waals surface area (Å²) in [5.74, 6) is 0.636. The van der Waals surface area contributed by atoms with Crippen LogP contribution in [0.4, 0.5) is 4.39 Å². The monoisotopic (exact) mass is 288 g/mol. The fraction of sp³-hybridized carbons (Fsp3) is 0.235. The molecule has 0 saturated carbocycles. The van der Waals surface area contributed by atoms with Crippen molar-refractivity contribution in [2.75, 3.05) is 7.11 Å². The summed E-state index contributed by atoms with van der Waals surface area (Å²) in [6.45, 7) is 3.55. The molecule has 0 amide bonds. The van der Waals surface area contributed by atoms with Crippen LogP contribution in [0.5, 0.6) is 11.5 Å². The van der Waals surface area contributed by atoms with E-state index in [0.717, 1.165) is 11.1 Å². The molecule has 0 radical (unpaired) electrons. The van der Waals surface area contributed by atoms with Crippen molar-refractivity contribution in [2.45, 2.75) is 20.5 Å². The van der Waals surface area contributed by atoms with E-state index >= 15 is 0 Å². The highest BCUT2D eigenvalue weighted by molar-refractivity contribution is 5.97. The number of aryl methyl sites for hydroxylation is 1. The number of carbonyl (C=O) groups is 1. The SMILES string of the molecule is COc1ccc(C(C)=O)c(OCc2cc(F)ccc2C)c1. The van der Waals surface area contributed by atoms with Crippen LogP contribution < -0.4 is 9.47 Å². The van der Waals surface area contributed by atoms with Crippen LogP contribution in [-0.2, 0) is 6.61 Å². The first-order valence-electron chi connectivity index (χ1n) is 6.58. The second-order valence-corrected chi connectivity index (χ2v) is 4.78.